The first kappa shape index (κ1) is 40.9. The summed E-state index contributed by atoms with van der Waals surface area (Å²) in [7, 11) is -20.6. The molecule has 3 aromatic carbocycles. The molecule has 8 N–H and O–H groups in total. The van der Waals surface area contributed by atoms with E-state index in [4.69, 9.17) is 17.3 Å². The van der Waals surface area contributed by atoms with Crippen LogP contribution in [-0.2, 0) is 40.5 Å². The normalized spacial score (nSPS) is 16.5. The quantitative estimate of drug-likeness (QED) is 0.0820. The Kier molecular flexibility index (Phi) is 10.9. The SMILES string of the molecule is NCCN1CCN(c2nc(Cl)nc(Nc3cc(S(=O)(=O)O)cc4c3C(=O)/C(=N/Nc3ccc5c(S(=O)(=O)O)cccc5c3S(=O)(=O)O)C(S(=O)(=O)O)=C4)n2)CC1. The third-order valence-electron chi connectivity index (χ3n) is 8.42. The van der Waals surface area contributed by atoms with Gasteiger partial charge in [0.25, 0.3) is 40.5 Å². The summed E-state index contributed by atoms with van der Waals surface area (Å²) in [5.41, 5.74) is 4.64. The van der Waals surface area contributed by atoms with E-state index in [0.717, 1.165) is 42.5 Å². The summed E-state index contributed by atoms with van der Waals surface area (Å²) in [6, 6.07) is 6.49. The number of halogens is 1. The molecule has 0 unspecified atom stereocenters. The average molecular weight is 874 g/mol. The highest BCUT2D eigenvalue weighted by Crippen LogP contribution is 2.37. The summed E-state index contributed by atoms with van der Waals surface area (Å²) >= 11 is 6.20. The lowest BCUT2D eigenvalue weighted by atomic mass is 9.93. The monoisotopic (exact) mass is 873 g/mol. The van der Waals surface area contributed by atoms with Crippen LogP contribution in [-0.4, -0.2) is 122 Å². The number of ketones is 1. The zero-order valence-electron chi connectivity index (χ0n) is 28.1. The molecule has 0 amide bonds. The fraction of sp³-hybridized carbons (Fsp3) is 0.207. The third kappa shape index (κ3) is 8.49. The van der Waals surface area contributed by atoms with Gasteiger partial charge in [0, 0.05) is 50.0 Å². The van der Waals surface area contributed by atoms with Gasteiger partial charge in [-0.15, -0.1) is 0 Å². The summed E-state index contributed by atoms with van der Waals surface area (Å²) in [5, 5.41) is 5.27. The second kappa shape index (κ2) is 15.0. The lowest BCUT2D eigenvalue weighted by Gasteiger charge is -2.34. The molecule has 56 heavy (non-hydrogen) atoms. The van der Waals surface area contributed by atoms with Crippen molar-refractivity contribution in [2.45, 2.75) is 14.7 Å². The summed E-state index contributed by atoms with van der Waals surface area (Å²) in [6.45, 7) is 3.25. The van der Waals surface area contributed by atoms with Gasteiger partial charge in [0.15, 0.2) is 5.71 Å². The molecule has 1 saturated heterocycles. The van der Waals surface area contributed by atoms with Crippen LogP contribution in [0, 0.1) is 0 Å². The van der Waals surface area contributed by atoms with E-state index < -0.39 is 99.4 Å². The van der Waals surface area contributed by atoms with Gasteiger partial charge in [0.2, 0.25) is 23.0 Å². The molecule has 2 aliphatic rings. The van der Waals surface area contributed by atoms with Gasteiger partial charge < -0.3 is 16.0 Å². The first-order valence-electron chi connectivity index (χ1n) is 15.7. The summed E-state index contributed by atoms with van der Waals surface area (Å²) in [5.74, 6) is -1.56. The number of hydrogen-bond acceptors (Lipinski definition) is 18. The molecule has 1 aliphatic carbocycles. The van der Waals surface area contributed by atoms with E-state index in [1.54, 1.807) is 4.90 Å². The average Bonchev–Trinajstić information content (AvgIpc) is 3.08. The number of carbonyl (C=O) groups is 1. The molecule has 27 heteroatoms. The van der Waals surface area contributed by atoms with Crippen LogP contribution in [0.25, 0.3) is 16.8 Å². The first-order valence-corrected chi connectivity index (χ1v) is 21.8. The molecule has 4 aromatic rings. The maximum Gasteiger partial charge on any atom is 0.297 e. The smallest absolute Gasteiger partial charge is 0.297 e. The fourth-order valence-corrected chi connectivity index (χ4v) is 8.92. The maximum absolute atomic E-state index is 14.2. The van der Waals surface area contributed by atoms with Gasteiger partial charge in [0.1, 0.15) is 14.7 Å². The van der Waals surface area contributed by atoms with Crippen molar-refractivity contribution in [1.29, 1.82) is 0 Å². The predicted octanol–water partition coefficient (Wildman–Crippen LogP) is 1.14. The molecule has 0 radical (unpaired) electrons. The number of benzene rings is 3. The highest BCUT2D eigenvalue weighted by molar-refractivity contribution is 7.91. The number of anilines is 4. The number of fused-ring (bicyclic) bond motifs is 2. The Hall–Kier alpha value is -4.74. The predicted molar refractivity (Wildman–Crippen MR) is 201 cm³/mol. The minimum Gasteiger partial charge on any atom is -0.338 e. The lowest BCUT2D eigenvalue weighted by Crippen LogP contribution is -2.48. The van der Waals surface area contributed by atoms with Gasteiger partial charge in [-0.25, -0.2) is 0 Å². The summed E-state index contributed by atoms with van der Waals surface area (Å²) < 4.78 is 139. The van der Waals surface area contributed by atoms with Crippen LogP contribution in [0.4, 0.5) is 23.3 Å². The van der Waals surface area contributed by atoms with Crippen molar-refractivity contribution in [3.05, 3.63) is 63.8 Å². The number of Topliss-reactive ketones (excluding diaryl/α,β-unsaturated/α-hetero) is 1. The van der Waals surface area contributed by atoms with Crippen LogP contribution in [0.1, 0.15) is 15.9 Å². The Morgan fingerprint density at radius 2 is 1.50 bits per heavy atom. The number of carbonyl (C=O) groups excluding carboxylic acids is 1. The molecular weight excluding hydrogens is 846 g/mol. The van der Waals surface area contributed by atoms with Crippen molar-refractivity contribution in [3.63, 3.8) is 0 Å². The fourth-order valence-electron chi connectivity index (χ4n) is 6.01. The molecule has 6 rings (SSSR count). The number of nitrogens with one attached hydrogen (secondary N) is 2. The van der Waals surface area contributed by atoms with Gasteiger partial charge in [-0.2, -0.15) is 53.7 Å². The zero-order valence-corrected chi connectivity index (χ0v) is 32.1. The van der Waals surface area contributed by atoms with E-state index in [1.807, 2.05) is 0 Å². The molecule has 0 atom stereocenters. The van der Waals surface area contributed by atoms with Gasteiger partial charge in [-0.3, -0.25) is 33.3 Å². The van der Waals surface area contributed by atoms with Crippen molar-refractivity contribution in [2.24, 2.45) is 10.8 Å². The zero-order chi connectivity index (χ0) is 41.0. The van der Waals surface area contributed by atoms with E-state index in [2.05, 4.69) is 35.7 Å². The molecule has 1 aliphatic heterocycles. The standard InChI is InChI=1S/C29H28ClN9O13S4/c30-27-33-28(35-29(34-27)39-10-8-38(7-6-31)9-11-39)32-20-14-16(53(41,42)43)12-15-13-22(55(47,48)49)24(25(40)23(15)20)37-36-19-5-4-17-18(26(19)56(50,51)52)2-1-3-21(17)54(44,45)46/h1-5,12-14,36H,6-11,31H2,(H,41,42,43)(H,44,45,46)(H,47,48,49)(H,50,51,52)(H,32,33,34,35)/b37-24+. The Morgan fingerprint density at radius 3 is 2.11 bits per heavy atom. The maximum atomic E-state index is 14.2. The van der Waals surface area contributed by atoms with E-state index in [9.17, 15) is 56.7 Å². The van der Waals surface area contributed by atoms with Gasteiger partial charge in [-0.1, -0.05) is 18.2 Å². The second-order valence-electron chi connectivity index (χ2n) is 12.0. The minimum absolute atomic E-state index is 0.0970. The highest BCUT2D eigenvalue weighted by Gasteiger charge is 2.36. The number of hydrogen-bond donors (Lipinski definition) is 7. The molecule has 2 heterocycles. The first-order chi connectivity index (χ1) is 26.1. The number of nitrogens with zero attached hydrogens (tertiary/aromatic N) is 6. The highest BCUT2D eigenvalue weighted by atomic mass is 35.5. The van der Waals surface area contributed by atoms with Crippen molar-refractivity contribution >= 4 is 104 Å². The van der Waals surface area contributed by atoms with Crippen LogP contribution in [0.3, 0.4) is 0 Å². The second-order valence-corrected chi connectivity index (χ2v) is 17.9. The molecule has 0 spiro atoms. The number of allylic oxidation sites excluding steroid dienone is 1. The minimum atomic E-state index is -5.39. The Balaban J connectivity index is 1.47. The number of hydrazone groups is 1. The third-order valence-corrected chi connectivity index (χ3v) is 12.2. The van der Waals surface area contributed by atoms with Crippen LogP contribution in [0.15, 0.2) is 67.2 Å². The van der Waals surface area contributed by atoms with E-state index in [0.29, 0.717) is 45.3 Å². The van der Waals surface area contributed by atoms with Gasteiger partial charge in [-0.05, 0) is 47.5 Å². The van der Waals surface area contributed by atoms with Crippen LogP contribution >= 0.6 is 11.6 Å². The molecule has 1 aromatic heterocycles. The van der Waals surface area contributed by atoms with Gasteiger partial charge in [0.05, 0.1) is 21.8 Å². The molecular formula is C29H28ClN9O13S4. The van der Waals surface area contributed by atoms with Gasteiger partial charge >= 0.3 is 0 Å². The van der Waals surface area contributed by atoms with Crippen LogP contribution in [0.5, 0.6) is 0 Å². The van der Waals surface area contributed by atoms with Crippen LogP contribution < -0.4 is 21.4 Å². The Bertz CT molecular complexity index is 2830. The summed E-state index contributed by atoms with van der Waals surface area (Å²) in [6.07, 6.45) is 0.640. The topological polar surface area (TPSA) is 342 Å². The number of nitrogens with two attached hydrogens (primary N) is 1. The van der Waals surface area contributed by atoms with Crippen molar-refractivity contribution in [1.82, 2.24) is 19.9 Å². The Morgan fingerprint density at radius 1 is 0.804 bits per heavy atom. The molecule has 298 valence electrons. The van der Waals surface area contributed by atoms with E-state index in [-0.39, 0.29) is 22.6 Å². The van der Waals surface area contributed by atoms with E-state index in [1.165, 1.54) is 0 Å². The number of rotatable bonds is 11. The molecule has 0 saturated carbocycles. The molecule has 22 nitrogen and oxygen atoms in total. The lowest BCUT2D eigenvalue weighted by molar-refractivity contribution is 0.106. The molecule has 1 fully saturated rings. The van der Waals surface area contributed by atoms with Crippen molar-refractivity contribution in [2.75, 3.05) is 54.9 Å². The number of aromatic nitrogens is 3. The summed E-state index contributed by atoms with van der Waals surface area (Å²) in [4.78, 5) is 26.7. The van der Waals surface area contributed by atoms with Crippen molar-refractivity contribution < 1.29 is 56.7 Å². The van der Waals surface area contributed by atoms with E-state index >= 15 is 0 Å². The van der Waals surface area contributed by atoms with Crippen LogP contribution in [0.2, 0.25) is 5.28 Å². The molecule has 0 bridgehead atoms. The van der Waals surface area contributed by atoms with Crippen molar-refractivity contribution in [3.8, 4) is 0 Å². The largest absolute Gasteiger partial charge is 0.338 e. The Labute approximate surface area is 323 Å². The number of piperazine rings is 1.